The largest absolute Gasteiger partial charge is 0.383 e. The van der Waals surface area contributed by atoms with Gasteiger partial charge in [0.1, 0.15) is 0 Å². The van der Waals surface area contributed by atoms with E-state index in [1.807, 2.05) is 0 Å². The number of nitrogens with zero attached hydrogens (tertiary/aromatic N) is 1. The number of benzene rings is 2. The van der Waals surface area contributed by atoms with E-state index in [1.54, 1.807) is 69.7 Å². The van der Waals surface area contributed by atoms with Crippen LogP contribution in [0.25, 0.3) is 0 Å². The Morgan fingerprint density at radius 1 is 0.966 bits per heavy atom. The first-order valence-corrected chi connectivity index (χ1v) is 9.13. The first kappa shape index (κ1) is 21.9. The minimum Gasteiger partial charge on any atom is -0.383 e. The van der Waals surface area contributed by atoms with Crippen molar-refractivity contribution in [2.24, 2.45) is 0 Å². The highest BCUT2D eigenvalue weighted by Crippen LogP contribution is 2.13. The van der Waals surface area contributed by atoms with E-state index in [-0.39, 0.29) is 24.3 Å². The normalized spacial score (nSPS) is 10.2. The number of amides is 3. The first-order chi connectivity index (χ1) is 13.9. The molecule has 3 amide bonds. The molecule has 0 fully saturated rings. The molecule has 29 heavy (non-hydrogen) atoms. The molecule has 0 spiro atoms. The lowest BCUT2D eigenvalue weighted by molar-refractivity contribution is -0.114. The molecule has 0 atom stereocenters. The maximum absolute atomic E-state index is 12.2. The molecule has 2 aromatic rings. The predicted octanol–water partition coefficient (Wildman–Crippen LogP) is 1.82. The zero-order valence-corrected chi connectivity index (χ0v) is 16.8. The average Bonchev–Trinajstić information content (AvgIpc) is 2.72. The van der Waals surface area contributed by atoms with Gasteiger partial charge in [-0.3, -0.25) is 14.4 Å². The molecule has 0 aromatic heterocycles. The number of hydrogen-bond donors (Lipinski definition) is 3. The van der Waals surface area contributed by atoms with Gasteiger partial charge >= 0.3 is 0 Å². The second kappa shape index (κ2) is 10.8. The number of carbonyl (C=O) groups is 3. The van der Waals surface area contributed by atoms with Gasteiger partial charge in [0.05, 0.1) is 13.2 Å². The lowest BCUT2D eigenvalue weighted by atomic mass is 10.1. The molecule has 8 nitrogen and oxygen atoms in total. The lowest BCUT2D eigenvalue weighted by Crippen LogP contribution is -2.27. The maximum atomic E-state index is 12.2. The Bertz CT molecular complexity index is 867. The van der Waals surface area contributed by atoms with Gasteiger partial charge in [-0.25, -0.2) is 0 Å². The van der Waals surface area contributed by atoms with Crippen molar-refractivity contribution in [1.82, 2.24) is 10.2 Å². The molecule has 3 N–H and O–H groups in total. The third-order valence-corrected chi connectivity index (χ3v) is 3.97. The summed E-state index contributed by atoms with van der Waals surface area (Å²) in [6, 6.07) is 13.6. The molecule has 0 aliphatic carbocycles. The third kappa shape index (κ3) is 6.93. The molecule has 0 heterocycles. The van der Waals surface area contributed by atoms with Gasteiger partial charge < -0.3 is 25.6 Å². The van der Waals surface area contributed by atoms with Gasteiger partial charge in [0, 0.05) is 50.3 Å². The molecule has 8 heteroatoms. The third-order valence-electron chi connectivity index (χ3n) is 3.97. The van der Waals surface area contributed by atoms with Gasteiger partial charge in [0.25, 0.3) is 11.8 Å². The molecule has 0 saturated heterocycles. The smallest absolute Gasteiger partial charge is 0.253 e. The van der Waals surface area contributed by atoms with E-state index in [0.717, 1.165) is 0 Å². The highest BCUT2D eigenvalue weighted by Gasteiger charge is 2.10. The van der Waals surface area contributed by atoms with Crippen LogP contribution in [0.1, 0.15) is 20.7 Å². The van der Waals surface area contributed by atoms with Gasteiger partial charge in [-0.1, -0.05) is 12.1 Å². The average molecular weight is 398 g/mol. The summed E-state index contributed by atoms with van der Waals surface area (Å²) in [5.74, 6) is -0.622. The van der Waals surface area contributed by atoms with Crippen LogP contribution in [-0.2, 0) is 9.53 Å². The molecule has 2 aromatic carbocycles. The lowest BCUT2D eigenvalue weighted by Gasteiger charge is -2.12. The second-order valence-corrected chi connectivity index (χ2v) is 6.51. The number of methoxy groups -OCH3 is 1. The molecule has 0 radical (unpaired) electrons. The fourth-order valence-electron chi connectivity index (χ4n) is 2.51. The van der Waals surface area contributed by atoms with Gasteiger partial charge in [-0.05, 0) is 36.4 Å². The van der Waals surface area contributed by atoms with Crippen molar-refractivity contribution >= 4 is 29.1 Å². The van der Waals surface area contributed by atoms with Crippen molar-refractivity contribution in [2.45, 2.75) is 0 Å². The number of ether oxygens (including phenoxy) is 1. The molecule has 0 unspecified atom stereocenters. The summed E-state index contributed by atoms with van der Waals surface area (Å²) in [4.78, 5) is 37.8. The Morgan fingerprint density at radius 2 is 1.62 bits per heavy atom. The quantitative estimate of drug-likeness (QED) is 0.560. The van der Waals surface area contributed by atoms with E-state index < -0.39 is 0 Å². The number of hydrogen-bond acceptors (Lipinski definition) is 5. The summed E-state index contributed by atoms with van der Waals surface area (Å²) in [7, 11) is 4.93. The van der Waals surface area contributed by atoms with Gasteiger partial charge in [-0.15, -0.1) is 0 Å². The van der Waals surface area contributed by atoms with E-state index in [0.29, 0.717) is 35.7 Å². The van der Waals surface area contributed by atoms with E-state index in [9.17, 15) is 14.4 Å². The summed E-state index contributed by atoms with van der Waals surface area (Å²) in [5.41, 5.74) is 2.17. The van der Waals surface area contributed by atoms with E-state index >= 15 is 0 Å². The van der Waals surface area contributed by atoms with Gasteiger partial charge in [-0.2, -0.15) is 0 Å². The van der Waals surface area contributed by atoms with Crippen LogP contribution in [0, 0.1) is 0 Å². The van der Waals surface area contributed by atoms with Crippen LogP contribution in [0.4, 0.5) is 11.4 Å². The van der Waals surface area contributed by atoms with Crippen LogP contribution < -0.4 is 16.0 Å². The van der Waals surface area contributed by atoms with Crippen molar-refractivity contribution < 1.29 is 19.1 Å². The van der Waals surface area contributed by atoms with Gasteiger partial charge in [0.15, 0.2) is 0 Å². The summed E-state index contributed by atoms with van der Waals surface area (Å²) < 4.78 is 4.90. The van der Waals surface area contributed by atoms with Crippen molar-refractivity contribution in [1.29, 1.82) is 0 Å². The number of carbonyl (C=O) groups excluding carboxylic acids is 3. The zero-order chi connectivity index (χ0) is 21.2. The van der Waals surface area contributed by atoms with Crippen LogP contribution in [0.5, 0.6) is 0 Å². The monoisotopic (exact) mass is 398 g/mol. The standard InChI is InChI=1S/C21H26N4O4/c1-25(2)21(28)16-7-5-8-17(13-16)23-14-19(26)24-18-9-4-6-15(12-18)20(27)22-10-11-29-3/h4-9,12-13,23H,10-11,14H2,1-3H3,(H,22,27)(H,24,26). The Labute approximate surface area is 170 Å². The molecule has 154 valence electrons. The summed E-state index contributed by atoms with van der Waals surface area (Å²) >= 11 is 0. The van der Waals surface area contributed by atoms with Gasteiger partial charge in [0.2, 0.25) is 5.91 Å². The number of nitrogens with one attached hydrogen (secondary N) is 3. The Hall–Kier alpha value is -3.39. The topological polar surface area (TPSA) is 99.8 Å². The van der Waals surface area contributed by atoms with Crippen molar-refractivity contribution in [3.63, 3.8) is 0 Å². The first-order valence-electron chi connectivity index (χ1n) is 9.13. The molecule has 0 bridgehead atoms. The van der Waals surface area contributed by atoms with Crippen LogP contribution in [0.15, 0.2) is 48.5 Å². The van der Waals surface area contributed by atoms with E-state index in [1.165, 1.54) is 4.90 Å². The fourth-order valence-corrected chi connectivity index (χ4v) is 2.51. The number of anilines is 2. The molecule has 2 rings (SSSR count). The highest BCUT2D eigenvalue weighted by molar-refractivity contribution is 5.98. The van der Waals surface area contributed by atoms with Crippen molar-refractivity contribution in [3.8, 4) is 0 Å². The fraction of sp³-hybridized carbons (Fsp3) is 0.286. The van der Waals surface area contributed by atoms with Crippen LogP contribution in [0.2, 0.25) is 0 Å². The minimum absolute atomic E-state index is 0.0177. The van der Waals surface area contributed by atoms with Crippen LogP contribution >= 0.6 is 0 Å². The van der Waals surface area contributed by atoms with E-state index in [2.05, 4.69) is 16.0 Å². The molecule has 0 saturated carbocycles. The van der Waals surface area contributed by atoms with Crippen LogP contribution in [0.3, 0.4) is 0 Å². The molecular formula is C21H26N4O4. The zero-order valence-electron chi connectivity index (χ0n) is 16.8. The van der Waals surface area contributed by atoms with Crippen LogP contribution in [-0.4, -0.2) is 63.5 Å². The summed E-state index contributed by atoms with van der Waals surface area (Å²) in [6.07, 6.45) is 0. The molecule has 0 aliphatic heterocycles. The summed E-state index contributed by atoms with van der Waals surface area (Å²) in [5, 5.41) is 8.47. The minimum atomic E-state index is -0.272. The van der Waals surface area contributed by atoms with E-state index in [4.69, 9.17) is 4.74 Å². The Morgan fingerprint density at radius 3 is 2.31 bits per heavy atom. The highest BCUT2D eigenvalue weighted by atomic mass is 16.5. The second-order valence-electron chi connectivity index (χ2n) is 6.51. The Balaban J connectivity index is 1.91. The molecule has 0 aliphatic rings. The predicted molar refractivity (Wildman–Crippen MR) is 112 cm³/mol. The van der Waals surface area contributed by atoms with Crippen molar-refractivity contribution in [2.75, 3.05) is 51.5 Å². The molecular weight excluding hydrogens is 372 g/mol. The van der Waals surface area contributed by atoms with Crippen molar-refractivity contribution in [3.05, 3.63) is 59.7 Å². The Kier molecular flexibility index (Phi) is 8.17. The maximum Gasteiger partial charge on any atom is 0.253 e. The summed E-state index contributed by atoms with van der Waals surface area (Å²) in [6.45, 7) is 0.851. The number of rotatable bonds is 9. The SMILES string of the molecule is COCCNC(=O)c1cccc(NC(=O)CNc2cccc(C(=O)N(C)C)c2)c1.